The van der Waals surface area contributed by atoms with E-state index >= 15 is 0 Å². The molecule has 25 heavy (non-hydrogen) atoms. The first kappa shape index (κ1) is 16.4. The summed E-state index contributed by atoms with van der Waals surface area (Å²) in [7, 11) is 0. The van der Waals surface area contributed by atoms with Gasteiger partial charge in [0.25, 0.3) is 5.69 Å². The second-order valence-electron chi connectivity index (χ2n) is 5.23. The van der Waals surface area contributed by atoms with Crippen molar-refractivity contribution in [2.45, 2.75) is 5.92 Å². The maximum atomic E-state index is 13.3. The van der Waals surface area contributed by atoms with Crippen molar-refractivity contribution in [3.05, 3.63) is 99.9 Å². The van der Waals surface area contributed by atoms with Crippen LogP contribution in [0, 0.1) is 15.9 Å². The standard InChI is InChI=1S/C18H12FN3O3/c19-13-8-6-12(7-9-13)16(18(23)14-4-1-2-10-20-14)17-15(22(24)25)5-3-11-21-17/h1-11,16H. The fourth-order valence-electron chi connectivity index (χ4n) is 2.53. The molecule has 0 saturated carbocycles. The Balaban J connectivity index is 2.18. The van der Waals surface area contributed by atoms with Crippen LogP contribution in [-0.2, 0) is 0 Å². The SMILES string of the molecule is O=C(c1ccccn1)C(c1ccc(F)cc1)c1ncccc1[N+](=O)[O-]. The minimum Gasteiger partial charge on any atom is -0.291 e. The van der Waals surface area contributed by atoms with Crippen LogP contribution >= 0.6 is 0 Å². The molecule has 0 amide bonds. The third kappa shape index (κ3) is 3.40. The van der Waals surface area contributed by atoms with Gasteiger partial charge >= 0.3 is 0 Å². The van der Waals surface area contributed by atoms with Crippen molar-refractivity contribution in [2.24, 2.45) is 0 Å². The third-order valence-corrected chi connectivity index (χ3v) is 3.67. The Hall–Kier alpha value is -3.48. The van der Waals surface area contributed by atoms with Gasteiger partial charge in [-0.25, -0.2) is 4.39 Å². The molecular weight excluding hydrogens is 325 g/mol. The summed E-state index contributed by atoms with van der Waals surface area (Å²) in [6.45, 7) is 0. The normalized spacial score (nSPS) is 11.7. The fraction of sp³-hybridized carbons (Fsp3) is 0.0556. The highest BCUT2D eigenvalue weighted by Crippen LogP contribution is 2.32. The Labute approximate surface area is 142 Å². The minimum absolute atomic E-state index is 0.00485. The van der Waals surface area contributed by atoms with Crippen molar-refractivity contribution >= 4 is 11.5 Å². The second-order valence-corrected chi connectivity index (χ2v) is 5.23. The summed E-state index contributed by atoms with van der Waals surface area (Å²) < 4.78 is 13.3. The smallest absolute Gasteiger partial charge is 0.291 e. The molecule has 0 bridgehead atoms. The topological polar surface area (TPSA) is 86.0 Å². The molecule has 0 aliphatic carbocycles. The largest absolute Gasteiger partial charge is 0.291 e. The molecule has 1 aromatic carbocycles. The number of carbonyl (C=O) groups is 1. The van der Waals surface area contributed by atoms with Crippen molar-refractivity contribution < 1.29 is 14.1 Å². The van der Waals surface area contributed by atoms with E-state index in [0.717, 1.165) is 0 Å². The number of halogens is 1. The number of Topliss-reactive ketones (excluding diaryl/α,β-unsaturated/α-hetero) is 1. The van der Waals surface area contributed by atoms with E-state index in [4.69, 9.17) is 0 Å². The highest BCUT2D eigenvalue weighted by atomic mass is 19.1. The van der Waals surface area contributed by atoms with Gasteiger partial charge < -0.3 is 0 Å². The summed E-state index contributed by atoms with van der Waals surface area (Å²) in [4.78, 5) is 31.8. The molecule has 124 valence electrons. The first-order valence-corrected chi connectivity index (χ1v) is 7.38. The average molecular weight is 337 g/mol. The van der Waals surface area contributed by atoms with Crippen LogP contribution < -0.4 is 0 Å². The van der Waals surface area contributed by atoms with Crippen LogP contribution in [-0.4, -0.2) is 20.7 Å². The fourth-order valence-corrected chi connectivity index (χ4v) is 2.53. The number of nitrogens with zero attached hydrogens (tertiary/aromatic N) is 3. The number of rotatable bonds is 5. The molecule has 6 nitrogen and oxygen atoms in total. The van der Waals surface area contributed by atoms with Gasteiger partial charge in [-0.2, -0.15) is 0 Å². The Morgan fingerprint density at radius 3 is 2.36 bits per heavy atom. The highest BCUT2D eigenvalue weighted by molar-refractivity contribution is 6.01. The average Bonchev–Trinajstić information content (AvgIpc) is 2.64. The Morgan fingerprint density at radius 2 is 1.72 bits per heavy atom. The number of carbonyl (C=O) groups excluding carboxylic acids is 1. The van der Waals surface area contributed by atoms with Crippen molar-refractivity contribution in [1.82, 2.24) is 9.97 Å². The zero-order valence-electron chi connectivity index (χ0n) is 12.9. The molecule has 0 aliphatic heterocycles. The molecule has 0 N–H and O–H groups in total. The summed E-state index contributed by atoms with van der Waals surface area (Å²) in [5.41, 5.74) is 0.270. The van der Waals surface area contributed by atoms with Gasteiger partial charge in [-0.15, -0.1) is 0 Å². The Bertz CT molecular complexity index is 914. The lowest BCUT2D eigenvalue weighted by Crippen LogP contribution is -2.18. The summed E-state index contributed by atoms with van der Waals surface area (Å²) in [5, 5.41) is 11.3. The van der Waals surface area contributed by atoms with Crippen molar-refractivity contribution in [1.29, 1.82) is 0 Å². The van der Waals surface area contributed by atoms with Gasteiger partial charge in [0.05, 0.1) is 10.8 Å². The Morgan fingerprint density at radius 1 is 1.00 bits per heavy atom. The molecule has 0 aliphatic rings. The van der Waals surface area contributed by atoms with Crippen LogP contribution in [0.2, 0.25) is 0 Å². The molecule has 0 radical (unpaired) electrons. The molecule has 7 heteroatoms. The van der Waals surface area contributed by atoms with E-state index in [-0.39, 0.29) is 17.1 Å². The van der Waals surface area contributed by atoms with E-state index in [2.05, 4.69) is 9.97 Å². The lowest BCUT2D eigenvalue weighted by atomic mass is 9.88. The molecule has 0 spiro atoms. The van der Waals surface area contributed by atoms with Crippen molar-refractivity contribution in [3.8, 4) is 0 Å². The van der Waals surface area contributed by atoms with E-state index in [0.29, 0.717) is 5.56 Å². The zero-order chi connectivity index (χ0) is 17.8. The Kier molecular flexibility index (Phi) is 4.56. The van der Waals surface area contributed by atoms with E-state index in [9.17, 15) is 19.3 Å². The van der Waals surface area contributed by atoms with Crippen molar-refractivity contribution in [3.63, 3.8) is 0 Å². The van der Waals surface area contributed by atoms with Crippen LogP contribution in [0.4, 0.5) is 10.1 Å². The molecule has 3 rings (SSSR count). The van der Waals surface area contributed by atoms with Crippen LogP contribution in [0.5, 0.6) is 0 Å². The van der Waals surface area contributed by atoms with E-state index < -0.39 is 22.4 Å². The molecule has 3 aromatic rings. The predicted molar refractivity (Wildman–Crippen MR) is 87.7 cm³/mol. The molecule has 2 heterocycles. The summed E-state index contributed by atoms with van der Waals surface area (Å²) in [6.07, 6.45) is 2.84. The van der Waals surface area contributed by atoms with Gasteiger partial charge in [0, 0.05) is 18.5 Å². The maximum Gasteiger partial charge on any atom is 0.291 e. The second kappa shape index (κ2) is 6.96. The van der Waals surface area contributed by atoms with Gasteiger partial charge in [0.1, 0.15) is 17.2 Å². The third-order valence-electron chi connectivity index (χ3n) is 3.67. The first-order valence-electron chi connectivity index (χ1n) is 7.38. The number of aromatic nitrogens is 2. The molecule has 0 saturated heterocycles. The number of benzene rings is 1. The highest BCUT2D eigenvalue weighted by Gasteiger charge is 2.32. The summed E-state index contributed by atoms with van der Waals surface area (Å²) >= 11 is 0. The summed E-state index contributed by atoms with van der Waals surface area (Å²) in [6, 6.07) is 12.8. The molecular formula is C18H12FN3O3. The molecule has 2 aromatic heterocycles. The molecule has 1 atom stereocenters. The number of pyridine rings is 2. The monoisotopic (exact) mass is 337 g/mol. The number of ketones is 1. The van der Waals surface area contributed by atoms with Crippen LogP contribution in [0.3, 0.4) is 0 Å². The lowest BCUT2D eigenvalue weighted by molar-refractivity contribution is -0.386. The van der Waals surface area contributed by atoms with Crippen molar-refractivity contribution in [2.75, 3.05) is 0 Å². The quantitative estimate of drug-likeness (QED) is 0.404. The van der Waals surface area contributed by atoms with Gasteiger partial charge in [-0.05, 0) is 35.9 Å². The zero-order valence-corrected chi connectivity index (χ0v) is 12.9. The van der Waals surface area contributed by atoms with Gasteiger partial charge in [0.2, 0.25) is 0 Å². The van der Waals surface area contributed by atoms with Gasteiger partial charge in [0.15, 0.2) is 5.78 Å². The van der Waals surface area contributed by atoms with Crippen LogP contribution in [0.15, 0.2) is 67.0 Å². The van der Waals surface area contributed by atoms with E-state index in [1.54, 1.807) is 12.1 Å². The first-order chi connectivity index (χ1) is 12.1. The summed E-state index contributed by atoms with van der Waals surface area (Å²) in [5.74, 6) is -1.98. The number of nitro groups is 1. The van der Waals surface area contributed by atoms with Gasteiger partial charge in [-0.1, -0.05) is 18.2 Å². The lowest BCUT2D eigenvalue weighted by Gasteiger charge is -2.15. The number of hydrogen-bond donors (Lipinski definition) is 0. The van der Waals surface area contributed by atoms with E-state index in [1.807, 2.05) is 0 Å². The number of hydrogen-bond acceptors (Lipinski definition) is 5. The predicted octanol–water partition coefficient (Wildman–Crippen LogP) is 3.54. The molecule has 0 fully saturated rings. The van der Waals surface area contributed by atoms with Crippen LogP contribution in [0.25, 0.3) is 0 Å². The maximum absolute atomic E-state index is 13.3. The van der Waals surface area contributed by atoms with Crippen LogP contribution in [0.1, 0.15) is 27.7 Å². The van der Waals surface area contributed by atoms with E-state index in [1.165, 1.54) is 54.9 Å². The minimum atomic E-state index is -1.06. The molecule has 1 unspecified atom stereocenters. The van der Waals surface area contributed by atoms with Gasteiger partial charge in [-0.3, -0.25) is 24.9 Å².